The summed E-state index contributed by atoms with van der Waals surface area (Å²) >= 11 is 1.65. The van der Waals surface area contributed by atoms with Crippen LogP contribution in [-0.4, -0.2) is 11.5 Å². The Kier molecular flexibility index (Phi) is 4.34. The molecule has 0 aliphatic rings. The van der Waals surface area contributed by atoms with E-state index in [4.69, 9.17) is 5.53 Å². The second kappa shape index (κ2) is 6.19. The topological polar surface area (TPSA) is 61.7 Å². The molecule has 0 spiro atoms. The molecule has 0 radical (unpaired) electrons. The molecule has 0 unspecified atom stereocenters. The number of nitrogens with zero attached hydrogens (tertiary/aromatic N) is 4. The first-order valence-electron chi connectivity index (χ1n) is 5.81. The van der Waals surface area contributed by atoms with Crippen molar-refractivity contribution in [3.05, 3.63) is 51.3 Å². The molecule has 18 heavy (non-hydrogen) atoms. The van der Waals surface area contributed by atoms with Crippen molar-refractivity contribution < 1.29 is 0 Å². The molecule has 1 aromatic heterocycles. The Morgan fingerprint density at radius 1 is 1.44 bits per heavy atom. The number of hydrogen-bond donors (Lipinski definition) is 0. The van der Waals surface area contributed by atoms with Crippen LogP contribution in [-0.2, 0) is 6.42 Å². The fourth-order valence-electron chi connectivity index (χ4n) is 1.86. The largest absolute Gasteiger partial charge is 0.245 e. The molecule has 0 aliphatic heterocycles. The summed E-state index contributed by atoms with van der Waals surface area (Å²) < 4.78 is 0. The van der Waals surface area contributed by atoms with Crippen molar-refractivity contribution in [2.24, 2.45) is 5.11 Å². The van der Waals surface area contributed by atoms with Crippen molar-refractivity contribution in [3.8, 4) is 10.6 Å². The molecular formula is C13H14N4S. The SMILES string of the molecule is Cc1cc(-c2nccs2)ccc1CCCN=[N+]=[N-]. The van der Waals surface area contributed by atoms with Gasteiger partial charge in [-0.25, -0.2) is 4.98 Å². The molecule has 5 heteroatoms. The molecule has 92 valence electrons. The van der Waals surface area contributed by atoms with Gasteiger partial charge in [0.2, 0.25) is 0 Å². The predicted octanol–water partition coefficient (Wildman–Crippen LogP) is 4.36. The molecule has 1 heterocycles. The Morgan fingerprint density at radius 2 is 2.33 bits per heavy atom. The molecule has 0 fully saturated rings. The van der Waals surface area contributed by atoms with Crippen LogP contribution in [0.25, 0.3) is 21.0 Å². The maximum atomic E-state index is 8.21. The van der Waals surface area contributed by atoms with E-state index in [1.807, 2.05) is 11.6 Å². The van der Waals surface area contributed by atoms with Gasteiger partial charge < -0.3 is 0 Å². The van der Waals surface area contributed by atoms with Gasteiger partial charge in [-0.1, -0.05) is 17.2 Å². The molecule has 0 N–H and O–H groups in total. The smallest absolute Gasteiger partial charge is 0.123 e. The third-order valence-electron chi connectivity index (χ3n) is 2.79. The maximum Gasteiger partial charge on any atom is 0.123 e. The molecule has 1 aromatic carbocycles. The van der Waals surface area contributed by atoms with Crippen LogP contribution in [0.3, 0.4) is 0 Å². The van der Waals surface area contributed by atoms with Gasteiger partial charge in [-0.15, -0.1) is 11.3 Å². The van der Waals surface area contributed by atoms with E-state index in [0.717, 1.165) is 17.8 Å². The van der Waals surface area contributed by atoms with Gasteiger partial charge in [0.15, 0.2) is 0 Å². The monoisotopic (exact) mass is 258 g/mol. The molecule has 0 aliphatic carbocycles. The number of hydrogen-bond acceptors (Lipinski definition) is 3. The van der Waals surface area contributed by atoms with Gasteiger partial charge in [0.1, 0.15) is 5.01 Å². The number of aromatic nitrogens is 1. The highest BCUT2D eigenvalue weighted by atomic mass is 32.1. The standard InChI is InChI=1S/C13H14N4S/c1-10-9-12(13-15-7-8-18-13)5-4-11(10)3-2-6-16-17-14/h4-5,7-9H,2-3,6H2,1H3. The lowest BCUT2D eigenvalue weighted by Crippen LogP contribution is -1.92. The van der Waals surface area contributed by atoms with Crippen LogP contribution >= 0.6 is 11.3 Å². The van der Waals surface area contributed by atoms with Crippen molar-refractivity contribution in [1.82, 2.24) is 4.98 Å². The maximum absolute atomic E-state index is 8.21. The van der Waals surface area contributed by atoms with Crippen molar-refractivity contribution >= 4 is 11.3 Å². The summed E-state index contributed by atoms with van der Waals surface area (Å²) in [7, 11) is 0. The fraction of sp³-hybridized carbons (Fsp3) is 0.308. The van der Waals surface area contributed by atoms with Crippen molar-refractivity contribution in [3.63, 3.8) is 0 Å². The van der Waals surface area contributed by atoms with E-state index in [1.54, 1.807) is 11.3 Å². The molecule has 0 saturated heterocycles. The van der Waals surface area contributed by atoms with Gasteiger partial charge in [-0.3, -0.25) is 0 Å². The van der Waals surface area contributed by atoms with Crippen LogP contribution in [0, 0.1) is 6.92 Å². The van der Waals surface area contributed by atoms with Crippen LogP contribution in [0.2, 0.25) is 0 Å². The second-order valence-electron chi connectivity index (χ2n) is 4.04. The van der Waals surface area contributed by atoms with E-state index < -0.39 is 0 Å². The third kappa shape index (κ3) is 3.09. The van der Waals surface area contributed by atoms with E-state index >= 15 is 0 Å². The van der Waals surface area contributed by atoms with Crippen LogP contribution < -0.4 is 0 Å². The summed E-state index contributed by atoms with van der Waals surface area (Å²) in [5, 5.41) is 6.59. The van der Waals surface area contributed by atoms with Gasteiger partial charge in [0.05, 0.1) is 0 Å². The van der Waals surface area contributed by atoms with Crippen LogP contribution in [0.15, 0.2) is 34.9 Å². The Balaban J connectivity index is 2.08. The predicted molar refractivity (Wildman–Crippen MR) is 74.6 cm³/mol. The molecular weight excluding hydrogens is 244 g/mol. The third-order valence-corrected chi connectivity index (χ3v) is 3.61. The lowest BCUT2D eigenvalue weighted by molar-refractivity contribution is 0.823. The summed E-state index contributed by atoms with van der Waals surface area (Å²) in [5.74, 6) is 0. The number of azide groups is 1. The minimum atomic E-state index is 0.560. The summed E-state index contributed by atoms with van der Waals surface area (Å²) in [6, 6.07) is 6.42. The number of rotatable bonds is 5. The first-order chi connectivity index (χ1) is 8.81. The molecule has 0 saturated carbocycles. The average Bonchev–Trinajstić information content (AvgIpc) is 2.90. The fourth-order valence-corrected chi connectivity index (χ4v) is 2.50. The Morgan fingerprint density at radius 3 is 3.00 bits per heavy atom. The van der Waals surface area contributed by atoms with E-state index in [-0.39, 0.29) is 0 Å². The van der Waals surface area contributed by atoms with Crippen LogP contribution in [0.1, 0.15) is 17.5 Å². The highest BCUT2D eigenvalue weighted by Gasteiger charge is 2.03. The zero-order valence-corrected chi connectivity index (χ0v) is 11.0. The van der Waals surface area contributed by atoms with Crippen LogP contribution in [0.4, 0.5) is 0 Å². The highest BCUT2D eigenvalue weighted by molar-refractivity contribution is 7.13. The average molecular weight is 258 g/mol. The van der Waals surface area contributed by atoms with Gasteiger partial charge in [-0.05, 0) is 42.5 Å². The molecule has 2 aromatic rings. The summed E-state index contributed by atoms with van der Waals surface area (Å²) in [4.78, 5) is 7.06. The van der Waals surface area contributed by atoms with Crippen LogP contribution in [0.5, 0.6) is 0 Å². The zero-order valence-electron chi connectivity index (χ0n) is 10.2. The van der Waals surface area contributed by atoms with Crippen molar-refractivity contribution in [2.75, 3.05) is 6.54 Å². The first kappa shape index (κ1) is 12.6. The molecule has 2 rings (SSSR count). The normalized spacial score (nSPS) is 10.1. The van der Waals surface area contributed by atoms with Gasteiger partial charge in [0, 0.05) is 28.6 Å². The quantitative estimate of drug-likeness (QED) is 0.340. The zero-order chi connectivity index (χ0) is 12.8. The van der Waals surface area contributed by atoms with Gasteiger partial charge in [-0.2, -0.15) is 0 Å². The number of benzene rings is 1. The Hall–Kier alpha value is -1.84. The summed E-state index contributed by atoms with van der Waals surface area (Å²) in [5.41, 5.74) is 12.0. The Labute approximate surface area is 110 Å². The Bertz CT molecular complexity index is 556. The molecule has 4 nitrogen and oxygen atoms in total. The lowest BCUT2D eigenvalue weighted by atomic mass is 10.0. The molecule has 0 bridgehead atoms. The van der Waals surface area contributed by atoms with E-state index in [0.29, 0.717) is 6.54 Å². The van der Waals surface area contributed by atoms with E-state index in [2.05, 4.69) is 40.1 Å². The van der Waals surface area contributed by atoms with Crippen molar-refractivity contribution in [1.29, 1.82) is 0 Å². The number of thiazole rings is 1. The first-order valence-corrected chi connectivity index (χ1v) is 6.69. The van der Waals surface area contributed by atoms with Crippen molar-refractivity contribution in [2.45, 2.75) is 19.8 Å². The second-order valence-corrected chi connectivity index (χ2v) is 4.93. The summed E-state index contributed by atoms with van der Waals surface area (Å²) in [6.45, 7) is 2.67. The minimum absolute atomic E-state index is 0.560. The molecule has 0 atom stereocenters. The van der Waals surface area contributed by atoms with Gasteiger partial charge >= 0.3 is 0 Å². The highest BCUT2D eigenvalue weighted by Crippen LogP contribution is 2.24. The van der Waals surface area contributed by atoms with E-state index in [1.165, 1.54) is 16.7 Å². The van der Waals surface area contributed by atoms with E-state index in [9.17, 15) is 0 Å². The number of aryl methyl sites for hydroxylation is 2. The van der Waals surface area contributed by atoms with Gasteiger partial charge in [0.25, 0.3) is 0 Å². The summed E-state index contributed by atoms with van der Waals surface area (Å²) in [6.07, 6.45) is 3.66. The minimum Gasteiger partial charge on any atom is -0.245 e. The molecule has 0 amide bonds. The lowest BCUT2D eigenvalue weighted by Gasteiger charge is -2.06.